The van der Waals surface area contributed by atoms with Crippen LogP contribution < -0.4 is 4.90 Å². The molecule has 246 valence electrons. The van der Waals surface area contributed by atoms with Crippen molar-refractivity contribution in [3.05, 3.63) is 169 Å². The van der Waals surface area contributed by atoms with Crippen LogP contribution >= 0.6 is 0 Å². The molecule has 52 heavy (non-hydrogen) atoms. The number of benzene rings is 8. The number of anilines is 3. The summed E-state index contributed by atoms with van der Waals surface area (Å²) in [5, 5.41) is 11.1. The number of rotatable bonds is 4. The molecule has 2 heterocycles. The highest BCUT2D eigenvalue weighted by atomic mass is 16.3. The van der Waals surface area contributed by atoms with Crippen molar-refractivity contribution in [1.29, 1.82) is 0 Å². The van der Waals surface area contributed by atoms with Gasteiger partial charge in [-0.1, -0.05) is 104 Å². The van der Waals surface area contributed by atoms with Gasteiger partial charge >= 0.3 is 0 Å². The van der Waals surface area contributed by atoms with Crippen LogP contribution in [-0.2, 0) is 6.42 Å². The molecular formula is C49H33NO2. The topological polar surface area (TPSA) is 29.5 Å². The highest BCUT2D eigenvalue weighted by Gasteiger charge is 2.21. The second kappa shape index (κ2) is 11.2. The van der Waals surface area contributed by atoms with Crippen molar-refractivity contribution in [2.24, 2.45) is 5.92 Å². The van der Waals surface area contributed by atoms with Crippen LogP contribution in [0.4, 0.5) is 17.1 Å². The van der Waals surface area contributed by atoms with Crippen LogP contribution in [0.2, 0.25) is 0 Å². The Labute approximate surface area is 300 Å². The van der Waals surface area contributed by atoms with Gasteiger partial charge in [-0.25, -0.2) is 0 Å². The van der Waals surface area contributed by atoms with Crippen molar-refractivity contribution in [3.8, 4) is 11.1 Å². The van der Waals surface area contributed by atoms with E-state index in [-0.39, 0.29) is 0 Å². The molecule has 3 heteroatoms. The zero-order valence-corrected chi connectivity index (χ0v) is 28.6. The minimum atomic E-state index is 0.501. The smallest absolute Gasteiger partial charge is 0.137 e. The molecule has 8 aromatic carbocycles. The van der Waals surface area contributed by atoms with Gasteiger partial charge in [0.2, 0.25) is 0 Å². The molecule has 0 spiro atoms. The molecule has 11 rings (SSSR count). The van der Waals surface area contributed by atoms with E-state index >= 15 is 0 Å². The second-order valence-corrected chi connectivity index (χ2v) is 14.2. The lowest BCUT2D eigenvalue weighted by Gasteiger charge is -2.25. The van der Waals surface area contributed by atoms with Gasteiger partial charge in [-0.05, 0) is 110 Å². The summed E-state index contributed by atoms with van der Waals surface area (Å²) in [7, 11) is 0. The molecule has 1 atom stereocenters. The van der Waals surface area contributed by atoms with Gasteiger partial charge in [-0.15, -0.1) is 0 Å². The van der Waals surface area contributed by atoms with Crippen molar-refractivity contribution in [2.45, 2.75) is 13.3 Å². The Balaban J connectivity index is 1.02. The van der Waals surface area contributed by atoms with Crippen LogP contribution in [0.25, 0.3) is 82.4 Å². The van der Waals surface area contributed by atoms with Crippen molar-refractivity contribution < 1.29 is 8.83 Å². The van der Waals surface area contributed by atoms with Crippen LogP contribution in [0, 0.1) is 5.92 Å². The summed E-state index contributed by atoms with van der Waals surface area (Å²) in [6.07, 6.45) is 5.36. The van der Waals surface area contributed by atoms with E-state index < -0.39 is 0 Å². The normalized spacial score (nSPS) is 14.3. The molecule has 2 aromatic heterocycles. The fourth-order valence-electron chi connectivity index (χ4n) is 8.40. The highest BCUT2D eigenvalue weighted by molar-refractivity contribution is 6.17. The van der Waals surface area contributed by atoms with Crippen molar-refractivity contribution >= 4 is 88.4 Å². The van der Waals surface area contributed by atoms with E-state index in [1.165, 1.54) is 54.4 Å². The summed E-state index contributed by atoms with van der Waals surface area (Å²) in [6.45, 7) is 2.26. The lowest BCUT2D eigenvalue weighted by molar-refractivity contribution is 0.584. The van der Waals surface area contributed by atoms with Crippen molar-refractivity contribution in [1.82, 2.24) is 0 Å². The van der Waals surface area contributed by atoms with E-state index in [1.54, 1.807) is 0 Å². The van der Waals surface area contributed by atoms with E-state index in [4.69, 9.17) is 8.83 Å². The summed E-state index contributed by atoms with van der Waals surface area (Å²) in [6, 6.07) is 54.8. The Morgan fingerprint density at radius 2 is 1.06 bits per heavy atom. The Kier molecular flexibility index (Phi) is 6.29. The van der Waals surface area contributed by atoms with Gasteiger partial charge in [-0.3, -0.25) is 0 Å². The molecule has 3 nitrogen and oxygen atoms in total. The predicted octanol–water partition coefficient (Wildman–Crippen LogP) is 14.1. The van der Waals surface area contributed by atoms with Gasteiger partial charge in [-0.2, -0.15) is 0 Å². The Hall–Kier alpha value is -6.58. The molecule has 0 radical (unpaired) electrons. The molecule has 1 unspecified atom stereocenters. The first-order chi connectivity index (χ1) is 25.6. The van der Waals surface area contributed by atoms with E-state index in [0.717, 1.165) is 56.8 Å². The Morgan fingerprint density at radius 3 is 1.88 bits per heavy atom. The number of hydrogen-bond donors (Lipinski definition) is 0. The minimum Gasteiger partial charge on any atom is -0.456 e. The van der Waals surface area contributed by atoms with Gasteiger partial charge in [0.1, 0.15) is 22.5 Å². The first-order valence-electron chi connectivity index (χ1n) is 18.0. The number of nitrogens with zero attached hydrogens (tertiary/aromatic N) is 1. The molecular weight excluding hydrogens is 635 g/mol. The van der Waals surface area contributed by atoms with Crippen molar-refractivity contribution in [2.75, 3.05) is 4.90 Å². The maximum absolute atomic E-state index is 6.44. The maximum Gasteiger partial charge on any atom is 0.137 e. The molecule has 0 fully saturated rings. The molecule has 0 bridgehead atoms. The average molecular weight is 668 g/mol. The lowest BCUT2D eigenvalue weighted by Crippen LogP contribution is -2.09. The van der Waals surface area contributed by atoms with Crippen molar-refractivity contribution in [3.63, 3.8) is 0 Å². The summed E-state index contributed by atoms with van der Waals surface area (Å²) in [5.74, 6) is 1.47. The third-order valence-electron chi connectivity index (χ3n) is 11.0. The standard InChI is InChI=1S/C49H33NO2/c1-30-10-25-47-45(26-30)44-24-19-37(29-49(44)52-47)50(36-18-23-43-42-8-4-5-9-46(42)51-48(43)28-36)35-16-11-31(12-17-35)33-14-20-39-34(27-33)15-22-40-38-7-3-2-6-32(38)13-21-41(39)40/h2-25,27-30H,26H2,1H3. The molecule has 0 saturated heterocycles. The SMILES string of the molecule is CC1C=Cc2oc3cc(N(c4ccc(-c5ccc6c(ccc7c8ccccc8ccc67)c5)cc4)c4ccc5c(c4)oc4ccccc45)ccc3c2C1. The van der Waals surface area contributed by atoms with Gasteiger partial charge in [0, 0.05) is 50.9 Å². The summed E-state index contributed by atoms with van der Waals surface area (Å²) in [4.78, 5) is 2.30. The van der Waals surface area contributed by atoms with Gasteiger partial charge < -0.3 is 13.7 Å². The monoisotopic (exact) mass is 667 g/mol. The zero-order valence-electron chi connectivity index (χ0n) is 28.6. The van der Waals surface area contributed by atoms with Gasteiger partial charge in [0.25, 0.3) is 0 Å². The minimum absolute atomic E-state index is 0.501. The van der Waals surface area contributed by atoms with E-state index in [9.17, 15) is 0 Å². The number of furan rings is 2. The molecule has 0 amide bonds. The first-order valence-corrected chi connectivity index (χ1v) is 18.0. The average Bonchev–Trinajstić information content (AvgIpc) is 3.75. The fraction of sp³-hybridized carbons (Fsp3) is 0.0612. The Morgan fingerprint density at radius 1 is 0.462 bits per heavy atom. The Bertz CT molecular complexity index is 3070. The summed E-state index contributed by atoms with van der Waals surface area (Å²) >= 11 is 0. The lowest BCUT2D eigenvalue weighted by atomic mass is 9.93. The number of allylic oxidation sites excluding steroid dienone is 1. The molecule has 0 saturated carbocycles. The second-order valence-electron chi connectivity index (χ2n) is 14.2. The third kappa shape index (κ3) is 4.52. The van der Waals surface area contributed by atoms with Crippen LogP contribution in [-0.4, -0.2) is 0 Å². The van der Waals surface area contributed by atoms with Crippen LogP contribution in [0.3, 0.4) is 0 Å². The van der Waals surface area contributed by atoms with Crippen LogP contribution in [0.5, 0.6) is 0 Å². The van der Waals surface area contributed by atoms with Crippen LogP contribution in [0.15, 0.2) is 167 Å². The number of para-hydroxylation sites is 1. The maximum atomic E-state index is 6.44. The van der Waals surface area contributed by atoms with Crippen LogP contribution in [0.1, 0.15) is 18.2 Å². The summed E-state index contributed by atoms with van der Waals surface area (Å²) in [5.41, 5.74) is 9.45. The summed E-state index contributed by atoms with van der Waals surface area (Å²) < 4.78 is 12.8. The van der Waals surface area contributed by atoms with E-state index in [0.29, 0.717) is 5.92 Å². The fourth-order valence-corrected chi connectivity index (χ4v) is 8.40. The van der Waals surface area contributed by atoms with Gasteiger partial charge in [0.05, 0.1) is 0 Å². The van der Waals surface area contributed by atoms with E-state index in [2.05, 4.69) is 164 Å². The highest BCUT2D eigenvalue weighted by Crippen LogP contribution is 2.42. The quantitative estimate of drug-likeness (QED) is 0.175. The number of fused-ring (bicyclic) bond motifs is 11. The molecule has 1 aliphatic rings. The molecule has 1 aliphatic carbocycles. The molecule has 0 N–H and O–H groups in total. The molecule has 10 aromatic rings. The molecule has 0 aliphatic heterocycles. The predicted molar refractivity (Wildman–Crippen MR) is 218 cm³/mol. The van der Waals surface area contributed by atoms with E-state index in [1.807, 2.05) is 12.1 Å². The number of hydrogen-bond acceptors (Lipinski definition) is 3. The first kappa shape index (κ1) is 29.2. The third-order valence-corrected chi connectivity index (χ3v) is 11.0. The zero-order chi connectivity index (χ0) is 34.3. The van der Waals surface area contributed by atoms with Gasteiger partial charge in [0.15, 0.2) is 0 Å². The largest absolute Gasteiger partial charge is 0.456 e.